The van der Waals surface area contributed by atoms with Crippen LogP contribution in [-0.2, 0) is 4.74 Å². The van der Waals surface area contributed by atoms with Crippen molar-refractivity contribution >= 4 is 6.02 Å². The fourth-order valence-electron chi connectivity index (χ4n) is 2.30. The Morgan fingerprint density at radius 2 is 2.00 bits per heavy atom. The lowest BCUT2D eigenvalue weighted by molar-refractivity contribution is 0.307. The van der Waals surface area contributed by atoms with Gasteiger partial charge in [0.05, 0.1) is 6.54 Å². The molecule has 74 valence electrons. The van der Waals surface area contributed by atoms with Gasteiger partial charge in [0.1, 0.15) is 6.61 Å². The van der Waals surface area contributed by atoms with Gasteiger partial charge in [-0.2, -0.15) is 0 Å². The highest BCUT2D eigenvalue weighted by Crippen LogP contribution is 2.30. The van der Waals surface area contributed by atoms with Gasteiger partial charge in [-0.15, -0.1) is 0 Å². The predicted octanol–water partition coefficient (Wildman–Crippen LogP) is 1.40. The molecule has 0 aromatic heterocycles. The average molecular weight is 182 g/mol. The molecule has 0 aromatic carbocycles. The first-order valence-electron chi connectivity index (χ1n) is 5.21. The van der Waals surface area contributed by atoms with Crippen molar-refractivity contribution in [1.82, 2.24) is 5.32 Å². The molecule has 13 heavy (non-hydrogen) atoms. The van der Waals surface area contributed by atoms with E-state index in [1.54, 1.807) is 0 Å². The summed E-state index contributed by atoms with van der Waals surface area (Å²) in [5.74, 6) is 1.50. The Kier molecular flexibility index (Phi) is 2.42. The summed E-state index contributed by atoms with van der Waals surface area (Å²) in [6.45, 7) is 6.17. The molecule has 2 unspecified atom stereocenters. The maximum absolute atomic E-state index is 5.35. The van der Waals surface area contributed by atoms with Gasteiger partial charge < -0.3 is 10.1 Å². The number of ether oxygens (including phenoxy) is 1. The van der Waals surface area contributed by atoms with Crippen molar-refractivity contribution in [3.8, 4) is 0 Å². The van der Waals surface area contributed by atoms with Crippen LogP contribution in [0, 0.1) is 11.8 Å². The molecule has 3 heteroatoms. The Bertz CT molecular complexity index is 205. The summed E-state index contributed by atoms with van der Waals surface area (Å²) >= 11 is 0. The van der Waals surface area contributed by atoms with Crippen LogP contribution in [0.5, 0.6) is 0 Å². The Labute approximate surface area is 79.6 Å². The lowest BCUT2D eigenvalue weighted by Gasteiger charge is -2.21. The van der Waals surface area contributed by atoms with Crippen LogP contribution < -0.4 is 5.32 Å². The first-order valence-corrected chi connectivity index (χ1v) is 5.21. The molecule has 2 rings (SSSR count). The average Bonchev–Trinajstić information content (AvgIpc) is 2.70. The molecule has 0 amide bonds. The summed E-state index contributed by atoms with van der Waals surface area (Å²) in [6.07, 6.45) is 2.65. The number of nitrogens with one attached hydrogen (secondary N) is 1. The van der Waals surface area contributed by atoms with Crippen molar-refractivity contribution in [2.75, 3.05) is 13.2 Å². The highest BCUT2D eigenvalue weighted by atomic mass is 16.5. The largest absolute Gasteiger partial charge is 0.463 e. The highest BCUT2D eigenvalue weighted by molar-refractivity contribution is 5.75. The van der Waals surface area contributed by atoms with Crippen molar-refractivity contribution in [3.05, 3.63) is 0 Å². The van der Waals surface area contributed by atoms with E-state index in [0.717, 1.165) is 31.0 Å². The van der Waals surface area contributed by atoms with Crippen molar-refractivity contribution < 1.29 is 4.74 Å². The first-order chi connectivity index (χ1) is 6.27. The molecule has 0 bridgehead atoms. The van der Waals surface area contributed by atoms with Gasteiger partial charge in [-0.25, -0.2) is 4.99 Å². The monoisotopic (exact) mass is 182 g/mol. The van der Waals surface area contributed by atoms with Gasteiger partial charge in [-0.05, 0) is 24.7 Å². The zero-order valence-electron chi connectivity index (χ0n) is 8.42. The van der Waals surface area contributed by atoms with Crippen LogP contribution in [0.15, 0.2) is 4.99 Å². The molecule has 1 saturated carbocycles. The molecule has 0 spiro atoms. The number of rotatable bonds is 1. The summed E-state index contributed by atoms with van der Waals surface area (Å²) in [6, 6.07) is 1.34. The van der Waals surface area contributed by atoms with Crippen LogP contribution in [0.1, 0.15) is 26.7 Å². The number of hydrogen-bond acceptors (Lipinski definition) is 3. The van der Waals surface area contributed by atoms with E-state index in [4.69, 9.17) is 4.74 Å². The third kappa shape index (κ3) is 1.79. The topological polar surface area (TPSA) is 33.6 Å². The van der Waals surface area contributed by atoms with Gasteiger partial charge in [0, 0.05) is 6.04 Å². The van der Waals surface area contributed by atoms with Crippen molar-refractivity contribution in [1.29, 1.82) is 0 Å². The fourth-order valence-corrected chi connectivity index (χ4v) is 2.30. The van der Waals surface area contributed by atoms with Crippen LogP contribution in [0.25, 0.3) is 0 Å². The van der Waals surface area contributed by atoms with Crippen LogP contribution in [0.3, 0.4) is 0 Å². The van der Waals surface area contributed by atoms with E-state index in [9.17, 15) is 0 Å². The zero-order chi connectivity index (χ0) is 9.26. The van der Waals surface area contributed by atoms with E-state index in [1.165, 1.54) is 12.8 Å². The normalized spacial score (nSPS) is 38.6. The fraction of sp³-hybridized carbons (Fsp3) is 0.900. The standard InChI is InChI=1S/C10H18N2O/c1-7-3-4-8(2)9(7)12-10-11-5-6-13-10/h7-9H,3-6H2,1-2H3,(H,11,12)/t7-,8?,9?/m1/s1. The summed E-state index contributed by atoms with van der Waals surface area (Å²) in [7, 11) is 0. The first kappa shape index (κ1) is 8.85. The van der Waals surface area contributed by atoms with Gasteiger partial charge in [-0.1, -0.05) is 13.8 Å². The quantitative estimate of drug-likeness (QED) is 0.665. The van der Waals surface area contributed by atoms with Crippen molar-refractivity contribution in [2.45, 2.75) is 32.7 Å². The Morgan fingerprint density at radius 1 is 1.31 bits per heavy atom. The molecule has 0 saturated heterocycles. The SMILES string of the molecule is CC1CC[C@@H](C)C1NC1=NCCO1. The highest BCUT2D eigenvalue weighted by Gasteiger charge is 2.31. The molecular formula is C10H18N2O. The molecule has 0 aromatic rings. The van der Waals surface area contributed by atoms with Crippen LogP contribution >= 0.6 is 0 Å². The predicted molar refractivity (Wildman–Crippen MR) is 52.7 cm³/mol. The van der Waals surface area contributed by atoms with E-state index >= 15 is 0 Å². The molecule has 2 aliphatic rings. The molecule has 3 nitrogen and oxygen atoms in total. The minimum atomic E-state index is 0.567. The zero-order valence-corrected chi connectivity index (χ0v) is 8.42. The van der Waals surface area contributed by atoms with Gasteiger partial charge in [0.25, 0.3) is 6.02 Å². The molecular weight excluding hydrogens is 164 g/mol. The lowest BCUT2D eigenvalue weighted by Crippen LogP contribution is -2.40. The second-order valence-electron chi connectivity index (χ2n) is 4.24. The second-order valence-corrected chi connectivity index (χ2v) is 4.24. The molecule has 1 fully saturated rings. The lowest BCUT2D eigenvalue weighted by atomic mass is 10.0. The number of nitrogens with zero attached hydrogens (tertiary/aromatic N) is 1. The summed E-state index contributed by atoms with van der Waals surface area (Å²) in [5, 5.41) is 3.41. The maximum Gasteiger partial charge on any atom is 0.285 e. The van der Waals surface area contributed by atoms with Gasteiger partial charge in [0.2, 0.25) is 0 Å². The Hall–Kier alpha value is -0.730. The Morgan fingerprint density at radius 3 is 2.54 bits per heavy atom. The second kappa shape index (κ2) is 3.56. The van der Waals surface area contributed by atoms with E-state index in [2.05, 4.69) is 24.2 Å². The molecule has 1 aliphatic heterocycles. The van der Waals surface area contributed by atoms with E-state index < -0.39 is 0 Å². The number of aliphatic imine (C=N–C) groups is 1. The minimum absolute atomic E-state index is 0.567. The Balaban J connectivity index is 1.92. The van der Waals surface area contributed by atoms with Crippen LogP contribution in [0.2, 0.25) is 0 Å². The molecule has 3 atom stereocenters. The number of amidine groups is 1. The summed E-state index contributed by atoms with van der Waals surface area (Å²) in [5.41, 5.74) is 0. The minimum Gasteiger partial charge on any atom is -0.463 e. The number of hydrogen-bond donors (Lipinski definition) is 1. The maximum atomic E-state index is 5.35. The van der Waals surface area contributed by atoms with E-state index in [0.29, 0.717) is 6.04 Å². The third-order valence-electron chi connectivity index (χ3n) is 3.18. The van der Waals surface area contributed by atoms with Crippen molar-refractivity contribution in [3.63, 3.8) is 0 Å². The third-order valence-corrected chi connectivity index (χ3v) is 3.18. The van der Waals surface area contributed by atoms with Gasteiger partial charge in [0.15, 0.2) is 0 Å². The van der Waals surface area contributed by atoms with Gasteiger partial charge in [-0.3, -0.25) is 0 Å². The van der Waals surface area contributed by atoms with Crippen molar-refractivity contribution in [2.24, 2.45) is 16.8 Å². The summed E-state index contributed by atoms with van der Waals surface area (Å²) in [4.78, 5) is 4.25. The van der Waals surface area contributed by atoms with Gasteiger partial charge >= 0.3 is 0 Å². The summed E-state index contributed by atoms with van der Waals surface area (Å²) < 4.78 is 5.35. The van der Waals surface area contributed by atoms with Crippen LogP contribution in [-0.4, -0.2) is 25.2 Å². The van der Waals surface area contributed by atoms with Crippen LogP contribution in [0.4, 0.5) is 0 Å². The molecule has 1 aliphatic carbocycles. The molecule has 0 radical (unpaired) electrons. The molecule has 1 N–H and O–H groups in total. The smallest absolute Gasteiger partial charge is 0.285 e. The van der Waals surface area contributed by atoms with E-state index in [-0.39, 0.29) is 0 Å². The molecule has 1 heterocycles. The van der Waals surface area contributed by atoms with E-state index in [1.807, 2.05) is 0 Å².